The topological polar surface area (TPSA) is 72.8 Å². The molecule has 0 atom stereocenters. The molecule has 0 aliphatic rings. The molecule has 4 rings (SSSR count). The summed E-state index contributed by atoms with van der Waals surface area (Å²) in [5, 5.41) is 10.9. The van der Waals surface area contributed by atoms with E-state index in [1.807, 2.05) is 62.6 Å². The van der Waals surface area contributed by atoms with Crippen molar-refractivity contribution in [2.75, 3.05) is 0 Å². The zero-order chi connectivity index (χ0) is 22.8. The van der Waals surface area contributed by atoms with E-state index in [0.717, 1.165) is 56.2 Å². The largest absolute Gasteiger partial charge is 0.486 e. The van der Waals surface area contributed by atoms with Crippen LogP contribution in [0.5, 0.6) is 5.75 Å². The molecule has 1 N–H and O–H groups in total. The van der Waals surface area contributed by atoms with Crippen LogP contribution in [0.1, 0.15) is 35.1 Å². The summed E-state index contributed by atoms with van der Waals surface area (Å²) in [6, 6.07) is 11.4. The smallest absolute Gasteiger partial charge is 0.191 e. The Morgan fingerprint density at radius 1 is 1.09 bits per heavy atom. The van der Waals surface area contributed by atoms with Gasteiger partial charge in [-0.15, -0.1) is 10.2 Å². The summed E-state index contributed by atoms with van der Waals surface area (Å²) in [7, 11) is 0. The first-order valence-electron chi connectivity index (χ1n) is 10.4. The SMILES string of the molecule is CCn1c(COc2cc(C)c(Cl)c(C)c2)nnc1SCc1cc(=O)c2cc(C)ccc2[nH]1. The molecule has 0 unspecified atom stereocenters. The van der Waals surface area contributed by atoms with Gasteiger partial charge in [0.1, 0.15) is 12.4 Å². The van der Waals surface area contributed by atoms with E-state index in [-0.39, 0.29) is 5.43 Å². The van der Waals surface area contributed by atoms with Crippen molar-refractivity contribution in [2.24, 2.45) is 0 Å². The maximum Gasteiger partial charge on any atom is 0.191 e. The standard InChI is InChI=1S/C24H25ClN4O2S/c1-5-29-22(12-31-18-9-15(3)23(25)16(4)10-18)27-28-24(29)32-13-17-11-21(30)19-8-14(2)6-7-20(19)26-17/h6-11H,5,12-13H2,1-4H3,(H,26,30). The van der Waals surface area contributed by atoms with Crippen LogP contribution in [0, 0.1) is 20.8 Å². The molecule has 0 fully saturated rings. The first-order valence-corrected chi connectivity index (χ1v) is 11.8. The number of ether oxygens (including phenoxy) is 1. The van der Waals surface area contributed by atoms with Gasteiger partial charge >= 0.3 is 0 Å². The van der Waals surface area contributed by atoms with E-state index in [4.69, 9.17) is 16.3 Å². The van der Waals surface area contributed by atoms with Crippen molar-refractivity contribution < 1.29 is 4.74 Å². The fourth-order valence-electron chi connectivity index (χ4n) is 3.62. The van der Waals surface area contributed by atoms with E-state index in [2.05, 4.69) is 15.2 Å². The van der Waals surface area contributed by atoms with Gasteiger partial charge in [0.25, 0.3) is 0 Å². The van der Waals surface area contributed by atoms with Crippen molar-refractivity contribution in [2.45, 2.75) is 51.8 Å². The van der Waals surface area contributed by atoms with Crippen molar-refractivity contribution in [3.8, 4) is 5.75 Å². The summed E-state index contributed by atoms with van der Waals surface area (Å²) >= 11 is 7.79. The quantitative estimate of drug-likeness (QED) is 0.358. The zero-order valence-corrected chi connectivity index (χ0v) is 20.1. The number of thioether (sulfide) groups is 1. The number of hydrogen-bond donors (Lipinski definition) is 1. The van der Waals surface area contributed by atoms with Crippen LogP contribution in [0.25, 0.3) is 10.9 Å². The average molecular weight is 469 g/mol. The number of fused-ring (bicyclic) bond motifs is 1. The van der Waals surface area contributed by atoms with Gasteiger partial charge in [-0.2, -0.15) is 0 Å². The number of halogens is 1. The Bertz CT molecular complexity index is 1320. The van der Waals surface area contributed by atoms with Gasteiger partial charge in [-0.05, 0) is 63.1 Å². The van der Waals surface area contributed by atoms with Crippen LogP contribution in [-0.4, -0.2) is 19.7 Å². The Morgan fingerprint density at radius 3 is 2.56 bits per heavy atom. The number of hydrogen-bond acceptors (Lipinski definition) is 5. The second kappa shape index (κ2) is 9.38. The van der Waals surface area contributed by atoms with Crippen LogP contribution in [0.15, 0.2) is 46.3 Å². The Labute approximate surface area is 196 Å². The van der Waals surface area contributed by atoms with Crippen LogP contribution < -0.4 is 10.2 Å². The molecule has 166 valence electrons. The number of benzene rings is 2. The van der Waals surface area contributed by atoms with Gasteiger partial charge in [0.15, 0.2) is 16.4 Å². The minimum Gasteiger partial charge on any atom is -0.486 e. The molecule has 6 nitrogen and oxygen atoms in total. The van der Waals surface area contributed by atoms with E-state index < -0.39 is 0 Å². The summed E-state index contributed by atoms with van der Waals surface area (Å²) in [5.74, 6) is 2.10. The van der Waals surface area contributed by atoms with Crippen molar-refractivity contribution in [1.82, 2.24) is 19.7 Å². The number of nitrogens with one attached hydrogen (secondary N) is 1. The molecule has 2 aromatic carbocycles. The van der Waals surface area contributed by atoms with Gasteiger partial charge in [-0.1, -0.05) is 35.0 Å². The van der Waals surface area contributed by atoms with Gasteiger partial charge in [-0.3, -0.25) is 4.79 Å². The number of H-pyrrole nitrogens is 1. The Kier molecular flexibility index (Phi) is 6.58. The Balaban J connectivity index is 1.48. The predicted molar refractivity (Wildman–Crippen MR) is 130 cm³/mol. The minimum absolute atomic E-state index is 0.0256. The van der Waals surface area contributed by atoms with Crippen LogP contribution in [0.3, 0.4) is 0 Å². The van der Waals surface area contributed by atoms with E-state index >= 15 is 0 Å². The predicted octanol–water partition coefficient (Wildman–Crippen LogP) is 5.59. The summed E-state index contributed by atoms with van der Waals surface area (Å²) in [6.07, 6.45) is 0. The lowest BCUT2D eigenvalue weighted by atomic mass is 10.1. The maximum atomic E-state index is 12.5. The van der Waals surface area contributed by atoms with E-state index in [9.17, 15) is 4.79 Å². The fraction of sp³-hybridized carbons (Fsp3) is 0.292. The highest BCUT2D eigenvalue weighted by Crippen LogP contribution is 2.27. The number of aryl methyl sites for hydroxylation is 3. The number of rotatable bonds is 7. The van der Waals surface area contributed by atoms with Crippen LogP contribution in [-0.2, 0) is 18.9 Å². The average Bonchev–Trinajstić information content (AvgIpc) is 3.16. The van der Waals surface area contributed by atoms with Crippen LogP contribution in [0.2, 0.25) is 5.02 Å². The molecular weight excluding hydrogens is 444 g/mol. The second-order valence-corrected chi connectivity index (χ2v) is 9.12. The van der Waals surface area contributed by atoms with Gasteiger partial charge < -0.3 is 14.3 Å². The summed E-state index contributed by atoms with van der Waals surface area (Å²) in [5.41, 5.74) is 4.76. The van der Waals surface area contributed by atoms with Gasteiger partial charge in [0.05, 0.1) is 0 Å². The summed E-state index contributed by atoms with van der Waals surface area (Å²) in [4.78, 5) is 15.8. The van der Waals surface area contributed by atoms with Crippen LogP contribution >= 0.6 is 23.4 Å². The van der Waals surface area contributed by atoms with Gasteiger partial charge in [0.2, 0.25) is 0 Å². The first-order chi connectivity index (χ1) is 15.4. The van der Waals surface area contributed by atoms with E-state index in [1.165, 1.54) is 0 Å². The Morgan fingerprint density at radius 2 is 1.84 bits per heavy atom. The maximum absolute atomic E-state index is 12.5. The van der Waals surface area contributed by atoms with Crippen molar-refractivity contribution in [3.63, 3.8) is 0 Å². The second-order valence-electron chi connectivity index (χ2n) is 7.80. The number of nitrogens with zero attached hydrogens (tertiary/aromatic N) is 3. The molecule has 0 saturated heterocycles. The molecule has 8 heteroatoms. The third-order valence-electron chi connectivity index (χ3n) is 5.29. The van der Waals surface area contributed by atoms with E-state index in [1.54, 1.807) is 17.8 Å². The van der Waals surface area contributed by atoms with Crippen LogP contribution in [0.4, 0.5) is 0 Å². The summed E-state index contributed by atoms with van der Waals surface area (Å²) < 4.78 is 7.99. The number of pyridine rings is 1. The number of aromatic nitrogens is 4. The summed E-state index contributed by atoms with van der Waals surface area (Å²) in [6.45, 7) is 8.99. The molecule has 2 aromatic heterocycles. The first kappa shape index (κ1) is 22.4. The molecule has 0 bridgehead atoms. The lowest BCUT2D eigenvalue weighted by Crippen LogP contribution is -2.08. The number of aromatic amines is 1. The fourth-order valence-corrected chi connectivity index (χ4v) is 4.66. The third-order valence-corrected chi connectivity index (χ3v) is 6.90. The van der Waals surface area contributed by atoms with Gasteiger partial charge in [0, 0.05) is 40.0 Å². The molecule has 0 radical (unpaired) electrons. The molecule has 2 heterocycles. The molecule has 0 aliphatic carbocycles. The monoisotopic (exact) mass is 468 g/mol. The molecule has 0 spiro atoms. The van der Waals surface area contributed by atoms with Crippen molar-refractivity contribution >= 4 is 34.3 Å². The minimum atomic E-state index is 0.0256. The highest BCUT2D eigenvalue weighted by Gasteiger charge is 2.14. The Hall–Kier alpha value is -2.77. The normalized spacial score (nSPS) is 11.3. The molecule has 0 aliphatic heterocycles. The molecule has 32 heavy (non-hydrogen) atoms. The van der Waals surface area contributed by atoms with Crippen molar-refractivity contribution in [1.29, 1.82) is 0 Å². The molecule has 0 saturated carbocycles. The van der Waals surface area contributed by atoms with Gasteiger partial charge in [-0.25, -0.2) is 0 Å². The molecular formula is C24H25ClN4O2S. The highest BCUT2D eigenvalue weighted by atomic mass is 35.5. The van der Waals surface area contributed by atoms with E-state index in [0.29, 0.717) is 17.7 Å². The highest BCUT2D eigenvalue weighted by molar-refractivity contribution is 7.98. The molecule has 4 aromatic rings. The van der Waals surface area contributed by atoms with Crippen molar-refractivity contribution in [3.05, 3.63) is 79.9 Å². The zero-order valence-electron chi connectivity index (χ0n) is 18.5. The lowest BCUT2D eigenvalue weighted by Gasteiger charge is -2.11. The third kappa shape index (κ3) is 4.69. The lowest BCUT2D eigenvalue weighted by molar-refractivity contribution is 0.288. The molecule has 0 amide bonds.